The van der Waals surface area contributed by atoms with Crippen LogP contribution in [0.15, 0.2) is 28.8 Å². The number of hydrogen-bond acceptors (Lipinski definition) is 4. The van der Waals surface area contributed by atoms with Crippen molar-refractivity contribution in [3.8, 4) is 0 Å². The van der Waals surface area contributed by atoms with Crippen molar-refractivity contribution < 1.29 is 9.32 Å². The molecule has 4 heteroatoms. The SMILES string of the molecule is O=C1CCCCC1Cc1nc(C2Cc3ccccc32)no1. The van der Waals surface area contributed by atoms with E-state index in [-0.39, 0.29) is 11.8 Å². The number of ketones is 1. The molecule has 21 heavy (non-hydrogen) atoms. The van der Waals surface area contributed by atoms with Gasteiger partial charge in [0.25, 0.3) is 0 Å². The summed E-state index contributed by atoms with van der Waals surface area (Å²) < 4.78 is 5.37. The topological polar surface area (TPSA) is 56.0 Å². The van der Waals surface area contributed by atoms with E-state index in [0.717, 1.165) is 31.5 Å². The summed E-state index contributed by atoms with van der Waals surface area (Å²) in [4.78, 5) is 16.4. The number of rotatable bonds is 3. The fourth-order valence-corrected chi connectivity index (χ4v) is 3.46. The van der Waals surface area contributed by atoms with Gasteiger partial charge in [-0.15, -0.1) is 0 Å². The molecule has 2 unspecified atom stereocenters. The van der Waals surface area contributed by atoms with E-state index < -0.39 is 0 Å². The number of aromatic nitrogens is 2. The predicted molar refractivity (Wildman–Crippen MR) is 77.0 cm³/mol. The number of Topliss-reactive ketones (excluding diaryl/α,β-unsaturated/α-hetero) is 1. The largest absolute Gasteiger partial charge is 0.339 e. The lowest BCUT2D eigenvalue weighted by atomic mass is 9.77. The molecule has 1 aromatic heterocycles. The Morgan fingerprint density at radius 3 is 3.00 bits per heavy atom. The first-order valence-corrected chi connectivity index (χ1v) is 7.74. The lowest BCUT2D eigenvalue weighted by Gasteiger charge is -2.27. The van der Waals surface area contributed by atoms with Crippen LogP contribution < -0.4 is 0 Å². The molecule has 1 aromatic carbocycles. The molecule has 1 saturated carbocycles. The van der Waals surface area contributed by atoms with Crippen molar-refractivity contribution in [2.75, 3.05) is 0 Å². The quantitative estimate of drug-likeness (QED) is 0.868. The van der Waals surface area contributed by atoms with Crippen molar-refractivity contribution in [1.29, 1.82) is 0 Å². The zero-order valence-corrected chi connectivity index (χ0v) is 11.9. The average Bonchev–Trinajstić information content (AvgIpc) is 2.91. The highest BCUT2D eigenvalue weighted by molar-refractivity contribution is 5.81. The third-order valence-electron chi connectivity index (χ3n) is 4.75. The maximum absolute atomic E-state index is 11.9. The summed E-state index contributed by atoms with van der Waals surface area (Å²) in [5, 5.41) is 4.13. The summed E-state index contributed by atoms with van der Waals surface area (Å²) in [6.45, 7) is 0. The van der Waals surface area contributed by atoms with Gasteiger partial charge in [-0.2, -0.15) is 4.98 Å². The molecule has 0 bridgehead atoms. The van der Waals surface area contributed by atoms with Gasteiger partial charge in [0.05, 0.1) is 5.92 Å². The maximum Gasteiger partial charge on any atom is 0.227 e. The fraction of sp³-hybridized carbons (Fsp3) is 0.471. The maximum atomic E-state index is 11.9. The first-order valence-electron chi connectivity index (χ1n) is 7.74. The Morgan fingerprint density at radius 1 is 1.24 bits per heavy atom. The van der Waals surface area contributed by atoms with Gasteiger partial charge in [0.1, 0.15) is 5.78 Å². The van der Waals surface area contributed by atoms with Crippen LogP contribution in [-0.4, -0.2) is 15.9 Å². The first-order chi connectivity index (χ1) is 10.3. The average molecular weight is 282 g/mol. The highest BCUT2D eigenvalue weighted by atomic mass is 16.5. The summed E-state index contributed by atoms with van der Waals surface area (Å²) in [6, 6.07) is 8.38. The van der Waals surface area contributed by atoms with Crippen LogP contribution in [-0.2, 0) is 17.6 Å². The van der Waals surface area contributed by atoms with E-state index in [0.29, 0.717) is 24.5 Å². The van der Waals surface area contributed by atoms with Crippen molar-refractivity contribution in [1.82, 2.24) is 10.1 Å². The minimum Gasteiger partial charge on any atom is -0.339 e. The Labute approximate surface area is 123 Å². The molecule has 2 aliphatic carbocycles. The highest BCUT2D eigenvalue weighted by Crippen LogP contribution is 2.38. The van der Waals surface area contributed by atoms with Gasteiger partial charge < -0.3 is 4.52 Å². The van der Waals surface area contributed by atoms with E-state index in [2.05, 4.69) is 28.3 Å². The molecule has 0 aliphatic heterocycles. The molecule has 4 nitrogen and oxygen atoms in total. The molecule has 0 N–H and O–H groups in total. The summed E-state index contributed by atoms with van der Waals surface area (Å²) in [7, 11) is 0. The van der Waals surface area contributed by atoms with Crippen LogP contribution in [0, 0.1) is 5.92 Å². The van der Waals surface area contributed by atoms with E-state index in [1.807, 2.05) is 6.07 Å². The van der Waals surface area contributed by atoms with Crippen molar-refractivity contribution >= 4 is 5.78 Å². The van der Waals surface area contributed by atoms with Crippen LogP contribution in [0.4, 0.5) is 0 Å². The Morgan fingerprint density at radius 2 is 2.14 bits per heavy atom. The molecule has 4 rings (SSSR count). The number of nitrogens with zero attached hydrogens (tertiary/aromatic N) is 2. The lowest BCUT2D eigenvalue weighted by Crippen LogP contribution is -2.21. The van der Waals surface area contributed by atoms with Crippen molar-refractivity contribution in [3.05, 3.63) is 47.1 Å². The van der Waals surface area contributed by atoms with Gasteiger partial charge in [-0.25, -0.2) is 0 Å². The van der Waals surface area contributed by atoms with Crippen LogP contribution >= 0.6 is 0 Å². The second-order valence-electron chi connectivity index (χ2n) is 6.11. The summed E-state index contributed by atoms with van der Waals surface area (Å²) in [5.41, 5.74) is 2.68. The molecule has 0 radical (unpaired) electrons. The van der Waals surface area contributed by atoms with Gasteiger partial charge >= 0.3 is 0 Å². The van der Waals surface area contributed by atoms with E-state index in [1.54, 1.807) is 0 Å². The zero-order valence-electron chi connectivity index (χ0n) is 11.9. The van der Waals surface area contributed by atoms with Gasteiger partial charge in [-0.05, 0) is 30.4 Å². The monoisotopic (exact) mass is 282 g/mol. The molecule has 2 aromatic rings. The molecule has 2 aliphatic rings. The first kappa shape index (κ1) is 12.7. The number of hydrogen-bond donors (Lipinski definition) is 0. The molecule has 1 fully saturated rings. The minimum absolute atomic E-state index is 0.0840. The van der Waals surface area contributed by atoms with Crippen LogP contribution in [0.5, 0.6) is 0 Å². The number of carbonyl (C=O) groups is 1. The molecule has 1 heterocycles. The van der Waals surface area contributed by atoms with Crippen LogP contribution in [0.2, 0.25) is 0 Å². The van der Waals surface area contributed by atoms with Gasteiger partial charge in [0.15, 0.2) is 5.82 Å². The fourth-order valence-electron chi connectivity index (χ4n) is 3.46. The summed E-state index contributed by atoms with van der Waals surface area (Å²) in [5.74, 6) is 2.10. The second-order valence-corrected chi connectivity index (χ2v) is 6.11. The molecular weight excluding hydrogens is 264 g/mol. The number of fused-ring (bicyclic) bond motifs is 1. The van der Waals surface area contributed by atoms with Crippen molar-refractivity contribution in [2.24, 2.45) is 5.92 Å². The number of carbonyl (C=O) groups excluding carboxylic acids is 1. The predicted octanol–water partition coefficient (Wildman–Crippen LogP) is 3.06. The Hall–Kier alpha value is -1.97. The summed E-state index contributed by atoms with van der Waals surface area (Å²) in [6.07, 6.45) is 5.43. The van der Waals surface area contributed by atoms with Crippen LogP contribution in [0.1, 0.15) is 54.4 Å². The van der Waals surface area contributed by atoms with E-state index in [4.69, 9.17) is 4.52 Å². The van der Waals surface area contributed by atoms with E-state index in [1.165, 1.54) is 11.1 Å². The normalized spacial score (nSPS) is 24.5. The minimum atomic E-state index is 0.0840. The van der Waals surface area contributed by atoms with Gasteiger partial charge in [-0.3, -0.25) is 4.79 Å². The lowest BCUT2D eigenvalue weighted by molar-refractivity contribution is -0.124. The Bertz CT molecular complexity index is 677. The Balaban J connectivity index is 1.48. The van der Waals surface area contributed by atoms with Gasteiger partial charge in [0, 0.05) is 18.8 Å². The van der Waals surface area contributed by atoms with Crippen molar-refractivity contribution in [2.45, 2.75) is 44.4 Å². The molecule has 108 valence electrons. The van der Waals surface area contributed by atoms with Gasteiger partial charge in [-0.1, -0.05) is 35.8 Å². The number of benzene rings is 1. The smallest absolute Gasteiger partial charge is 0.227 e. The van der Waals surface area contributed by atoms with Crippen LogP contribution in [0.3, 0.4) is 0 Å². The molecule has 2 atom stereocenters. The molecular formula is C17H18N2O2. The molecule has 0 saturated heterocycles. The zero-order chi connectivity index (χ0) is 14.2. The van der Waals surface area contributed by atoms with E-state index in [9.17, 15) is 4.79 Å². The van der Waals surface area contributed by atoms with Crippen LogP contribution in [0.25, 0.3) is 0 Å². The summed E-state index contributed by atoms with van der Waals surface area (Å²) >= 11 is 0. The molecule has 0 amide bonds. The van der Waals surface area contributed by atoms with Crippen molar-refractivity contribution in [3.63, 3.8) is 0 Å². The third-order valence-corrected chi connectivity index (χ3v) is 4.75. The molecule has 0 spiro atoms. The second kappa shape index (κ2) is 5.10. The standard InChI is InChI=1S/C17H18N2O2/c20-15-8-4-2-6-12(15)10-16-18-17(19-21-16)14-9-11-5-1-3-7-13(11)14/h1,3,5,7,12,14H,2,4,6,8-10H2. The Kier molecular flexibility index (Phi) is 3.09. The highest BCUT2D eigenvalue weighted by Gasteiger charge is 2.32. The third kappa shape index (κ3) is 2.28. The van der Waals surface area contributed by atoms with Gasteiger partial charge in [0.2, 0.25) is 5.89 Å². The van der Waals surface area contributed by atoms with E-state index >= 15 is 0 Å².